The number of hydrogen-bond donors (Lipinski definition) is 2. The summed E-state index contributed by atoms with van der Waals surface area (Å²) < 4.78 is 0. The van der Waals surface area contributed by atoms with Gasteiger partial charge in [-0.1, -0.05) is 6.92 Å². The number of carbonyl (C=O) groups is 2. The molecule has 0 bridgehead atoms. The topological polar surface area (TPSA) is 82.1 Å². The van der Waals surface area contributed by atoms with Crippen molar-refractivity contribution in [1.29, 1.82) is 0 Å². The van der Waals surface area contributed by atoms with Crippen LogP contribution in [0.3, 0.4) is 0 Å². The molecule has 1 heterocycles. The molecular weight excluding hydrogens is 226 g/mol. The molecule has 0 aromatic rings. The first-order valence-electron chi connectivity index (χ1n) is 5.74. The van der Waals surface area contributed by atoms with E-state index in [2.05, 4.69) is 22.1 Å². The second kappa shape index (κ2) is 7.08. The van der Waals surface area contributed by atoms with Crippen LogP contribution >= 0.6 is 0 Å². The van der Waals surface area contributed by atoms with Crippen molar-refractivity contribution < 1.29 is 19.5 Å². The Bertz CT molecular complexity index is 264. The summed E-state index contributed by atoms with van der Waals surface area (Å²) >= 11 is 0. The monoisotopic (exact) mass is 245 g/mol. The van der Waals surface area contributed by atoms with Crippen LogP contribution in [0.25, 0.3) is 0 Å². The van der Waals surface area contributed by atoms with Crippen molar-refractivity contribution in [3.63, 3.8) is 0 Å². The van der Waals surface area contributed by atoms with Gasteiger partial charge in [0.05, 0.1) is 0 Å². The first-order chi connectivity index (χ1) is 8.13. The Morgan fingerprint density at radius 1 is 1.29 bits per heavy atom. The number of nitrogens with one attached hydrogen (secondary N) is 1. The molecule has 7 heteroatoms. The fourth-order valence-electron chi connectivity index (χ4n) is 1.71. The molecule has 1 saturated heterocycles. The average Bonchev–Trinajstić information content (AvgIpc) is 2.30. The van der Waals surface area contributed by atoms with Crippen molar-refractivity contribution in [1.82, 2.24) is 15.3 Å². The standard InChI is InChI=1S/C10H19N3O4/c1-2-3-12-4-6-13(7-5-12)10(16)11-17-8-9(14)15/h2-8H2,1H3,(H,11,16)(H,14,15). The maximum atomic E-state index is 11.5. The number of hydrogen-bond acceptors (Lipinski definition) is 4. The van der Waals surface area contributed by atoms with Gasteiger partial charge in [-0.3, -0.25) is 9.74 Å². The van der Waals surface area contributed by atoms with Crippen LogP contribution in [0, 0.1) is 0 Å². The quantitative estimate of drug-likeness (QED) is 0.652. The molecule has 17 heavy (non-hydrogen) atoms. The van der Waals surface area contributed by atoms with Gasteiger partial charge in [-0.15, -0.1) is 0 Å². The van der Waals surface area contributed by atoms with E-state index in [1.165, 1.54) is 0 Å². The van der Waals surface area contributed by atoms with Crippen LogP contribution in [-0.4, -0.2) is 66.2 Å². The molecule has 0 saturated carbocycles. The third-order valence-corrected chi connectivity index (χ3v) is 2.55. The highest BCUT2D eigenvalue weighted by Crippen LogP contribution is 2.02. The lowest BCUT2D eigenvalue weighted by atomic mass is 10.3. The molecule has 0 aromatic carbocycles. The molecule has 0 unspecified atom stereocenters. The lowest BCUT2D eigenvalue weighted by Crippen LogP contribution is -2.51. The predicted molar refractivity (Wildman–Crippen MR) is 60.4 cm³/mol. The summed E-state index contributed by atoms with van der Waals surface area (Å²) in [7, 11) is 0. The number of urea groups is 1. The summed E-state index contributed by atoms with van der Waals surface area (Å²) in [4.78, 5) is 30.1. The molecule has 7 nitrogen and oxygen atoms in total. The second-order valence-electron chi connectivity index (χ2n) is 3.92. The highest BCUT2D eigenvalue weighted by atomic mass is 16.7. The summed E-state index contributed by atoms with van der Waals surface area (Å²) in [5.74, 6) is -1.11. The van der Waals surface area contributed by atoms with Crippen molar-refractivity contribution in [3.05, 3.63) is 0 Å². The zero-order valence-electron chi connectivity index (χ0n) is 10.0. The van der Waals surface area contributed by atoms with Crippen LogP contribution in [0.1, 0.15) is 13.3 Å². The first kappa shape index (κ1) is 13.7. The Morgan fingerprint density at radius 3 is 2.47 bits per heavy atom. The summed E-state index contributed by atoms with van der Waals surface area (Å²) in [5.41, 5.74) is 2.12. The van der Waals surface area contributed by atoms with Gasteiger partial charge in [0.1, 0.15) is 0 Å². The largest absolute Gasteiger partial charge is 0.479 e. The summed E-state index contributed by atoms with van der Waals surface area (Å²) in [6, 6.07) is -0.373. The minimum absolute atomic E-state index is 0.373. The Kier molecular flexibility index (Phi) is 5.71. The lowest BCUT2D eigenvalue weighted by Gasteiger charge is -2.34. The van der Waals surface area contributed by atoms with Gasteiger partial charge < -0.3 is 10.0 Å². The SMILES string of the molecule is CCCN1CCN(C(=O)NOCC(=O)O)CC1. The number of nitrogens with zero attached hydrogens (tertiary/aromatic N) is 2. The summed E-state index contributed by atoms with van der Waals surface area (Å²) in [6.45, 7) is 5.62. The second-order valence-corrected chi connectivity index (χ2v) is 3.92. The van der Waals surface area contributed by atoms with Crippen LogP contribution in [0.5, 0.6) is 0 Å². The predicted octanol–water partition coefficient (Wildman–Crippen LogP) is -0.260. The maximum Gasteiger partial charge on any atom is 0.341 e. The summed E-state index contributed by atoms with van der Waals surface area (Å²) in [6.07, 6.45) is 1.11. The van der Waals surface area contributed by atoms with Crippen molar-refractivity contribution in [2.75, 3.05) is 39.3 Å². The van der Waals surface area contributed by atoms with Gasteiger partial charge in [-0.25, -0.2) is 15.1 Å². The molecule has 2 amide bonds. The van der Waals surface area contributed by atoms with Gasteiger partial charge in [-0.05, 0) is 13.0 Å². The zero-order chi connectivity index (χ0) is 12.7. The number of piperazine rings is 1. The number of carboxylic acids is 1. The smallest absolute Gasteiger partial charge is 0.341 e. The van der Waals surface area contributed by atoms with E-state index in [1.807, 2.05) is 0 Å². The van der Waals surface area contributed by atoms with Gasteiger partial charge >= 0.3 is 12.0 Å². The van der Waals surface area contributed by atoms with E-state index in [0.717, 1.165) is 26.1 Å². The number of amides is 2. The molecule has 1 fully saturated rings. The Balaban J connectivity index is 2.19. The highest BCUT2D eigenvalue weighted by molar-refractivity contribution is 5.73. The minimum atomic E-state index is -1.11. The van der Waals surface area contributed by atoms with E-state index in [9.17, 15) is 9.59 Å². The van der Waals surface area contributed by atoms with E-state index in [1.54, 1.807) is 4.90 Å². The van der Waals surface area contributed by atoms with Crippen molar-refractivity contribution in [2.45, 2.75) is 13.3 Å². The molecule has 2 N–H and O–H groups in total. The molecule has 0 aromatic heterocycles. The molecule has 0 spiro atoms. The molecule has 1 aliphatic heterocycles. The average molecular weight is 245 g/mol. The Labute approximate surface area is 100 Å². The van der Waals surface area contributed by atoms with E-state index in [0.29, 0.717) is 13.1 Å². The molecule has 0 aliphatic carbocycles. The van der Waals surface area contributed by atoms with Gasteiger partial charge in [-0.2, -0.15) is 0 Å². The van der Waals surface area contributed by atoms with Crippen molar-refractivity contribution in [3.8, 4) is 0 Å². The van der Waals surface area contributed by atoms with Gasteiger partial charge in [0.25, 0.3) is 0 Å². The van der Waals surface area contributed by atoms with Crippen LogP contribution < -0.4 is 5.48 Å². The summed E-state index contributed by atoms with van der Waals surface area (Å²) in [5, 5.41) is 8.33. The fraction of sp³-hybridized carbons (Fsp3) is 0.800. The number of rotatable bonds is 5. The number of carboxylic acid groups (broad SMARTS) is 1. The first-order valence-corrected chi connectivity index (χ1v) is 5.74. The fourth-order valence-corrected chi connectivity index (χ4v) is 1.71. The third kappa shape index (κ3) is 5.01. The van der Waals surface area contributed by atoms with Crippen LogP contribution in [0.15, 0.2) is 0 Å². The van der Waals surface area contributed by atoms with E-state index >= 15 is 0 Å². The molecule has 0 radical (unpaired) electrons. The molecule has 0 atom stereocenters. The highest BCUT2D eigenvalue weighted by Gasteiger charge is 2.20. The van der Waals surface area contributed by atoms with Crippen LogP contribution in [0.4, 0.5) is 4.79 Å². The third-order valence-electron chi connectivity index (χ3n) is 2.55. The van der Waals surface area contributed by atoms with E-state index in [-0.39, 0.29) is 6.03 Å². The van der Waals surface area contributed by atoms with Crippen molar-refractivity contribution in [2.24, 2.45) is 0 Å². The van der Waals surface area contributed by atoms with E-state index < -0.39 is 12.6 Å². The molecular formula is C10H19N3O4. The number of carbonyl (C=O) groups excluding carboxylic acids is 1. The van der Waals surface area contributed by atoms with Gasteiger partial charge in [0, 0.05) is 26.2 Å². The Morgan fingerprint density at radius 2 is 1.94 bits per heavy atom. The zero-order valence-corrected chi connectivity index (χ0v) is 10.0. The number of aliphatic carboxylic acids is 1. The van der Waals surface area contributed by atoms with Crippen molar-refractivity contribution >= 4 is 12.0 Å². The maximum absolute atomic E-state index is 11.5. The normalized spacial score (nSPS) is 16.9. The minimum Gasteiger partial charge on any atom is -0.479 e. The molecule has 1 rings (SSSR count). The van der Waals surface area contributed by atoms with Crippen LogP contribution in [-0.2, 0) is 9.63 Å². The van der Waals surface area contributed by atoms with Gasteiger partial charge in [0.2, 0.25) is 0 Å². The lowest BCUT2D eigenvalue weighted by molar-refractivity contribution is -0.144. The molecule has 98 valence electrons. The number of hydroxylamine groups is 1. The van der Waals surface area contributed by atoms with Gasteiger partial charge in [0.15, 0.2) is 6.61 Å². The van der Waals surface area contributed by atoms with Crippen LogP contribution in [0.2, 0.25) is 0 Å². The molecule has 1 aliphatic rings. The Hall–Kier alpha value is -1.34. The van der Waals surface area contributed by atoms with E-state index in [4.69, 9.17) is 5.11 Å².